The van der Waals surface area contributed by atoms with Crippen molar-refractivity contribution in [3.8, 4) is 5.75 Å². The third kappa shape index (κ3) is 2.32. The molecule has 2 nitrogen and oxygen atoms in total. The van der Waals surface area contributed by atoms with Crippen LogP contribution in [0.4, 0.5) is 0 Å². The first-order valence-electron chi connectivity index (χ1n) is 7.45. The van der Waals surface area contributed by atoms with Crippen molar-refractivity contribution < 1.29 is 4.74 Å². The Kier molecular flexibility index (Phi) is 2.96. The normalized spacial score (nSPS) is 21.3. The fraction of sp³-hybridized carbons (Fsp3) is 0.333. The van der Waals surface area contributed by atoms with E-state index in [1.807, 2.05) is 0 Å². The van der Waals surface area contributed by atoms with Gasteiger partial charge in [0, 0.05) is 19.0 Å². The van der Waals surface area contributed by atoms with Gasteiger partial charge in [0.2, 0.25) is 0 Å². The van der Waals surface area contributed by atoms with Gasteiger partial charge in [0.05, 0.1) is 6.10 Å². The Morgan fingerprint density at radius 3 is 2.55 bits per heavy atom. The van der Waals surface area contributed by atoms with Gasteiger partial charge in [-0.3, -0.25) is 0 Å². The van der Waals surface area contributed by atoms with Crippen LogP contribution in [0.3, 0.4) is 0 Å². The van der Waals surface area contributed by atoms with E-state index in [2.05, 4.69) is 53.8 Å². The van der Waals surface area contributed by atoms with Crippen molar-refractivity contribution in [3.63, 3.8) is 0 Å². The zero-order chi connectivity index (χ0) is 13.4. The minimum absolute atomic E-state index is 0.454. The lowest BCUT2D eigenvalue weighted by atomic mass is 9.85. The minimum Gasteiger partial charge on any atom is -0.490 e. The van der Waals surface area contributed by atoms with E-state index in [1.165, 1.54) is 29.5 Å². The van der Waals surface area contributed by atoms with E-state index >= 15 is 0 Å². The van der Waals surface area contributed by atoms with E-state index in [4.69, 9.17) is 4.74 Å². The lowest BCUT2D eigenvalue weighted by Gasteiger charge is -2.26. The maximum Gasteiger partial charge on any atom is 0.119 e. The average molecular weight is 265 g/mol. The number of fused-ring (bicyclic) bond motifs is 1. The van der Waals surface area contributed by atoms with Gasteiger partial charge in [-0.1, -0.05) is 36.4 Å². The number of hydrogen-bond donors (Lipinski definition) is 1. The quantitative estimate of drug-likeness (QED) is 0.917. The minimum atomic E-state index is 0.454. The van der Waals surface area contributed by atoms with Crippen molar-refractivity contribution in [2.45, 2.75) is 31.4 Å². The van der Waals surface area contributed by atoms with Crippen LogP contribution >= 0.6 is 0 Å². The Hall–Kier alpha value is -1.80. The van der Waals surface area contributed by atoms with Crippen molar-refractivity contribution in [2.24, 2.45) is 0 Å². The summed E-state index contributed by atoms with van der Waals surface area (Å²) in [5, 5.41) is 3.52. The van der Waals surface area contributed by atoms with Crippen LogP contribution in [0.25, 0.3) is 0 Å². The number of ether oxygens (including phenoxy) is 1. The molecule has 0 aromatic heterocycles. The lowest BCUT2D eigenvalue weighted by molar-refractivity contribution is 0.303. The van der Waals surface area contributed by atoms with Crippen LogP contribution in [-0.4, -0.2) is 12.6 Å². The Morgan fingerprint density at radius 2 is 1.75 bits per heavy atom. The molecule has 1 unspecified atom stereocenters. The smallest absolute Gasteiger partial charge is 0.119 e. The Morgan fingerprint density at radius 1 is 0.950 bits per heavy atom. The molecule has 1 aliphatic heterocycles. The first-order valence-corrected chi connectivity index (χ1v) is 7.45. The molecule has 1 N–H and O–H groups in total. The Labute approximate surface area is 119 Å². The highest BCUT2D eigenvalue weighted by Gasteiger charge is 2.24. The second-order valence-corrected chi connectivity index (χ2v) is 5.77. The highest BCUT2D eigenvalue weighted by molar-refractivity contribution is 5.41. The van der Waals surface area contributed by atoms with E-state index in [0.29, 0.717) is 12.0 Å². The maximum absolute atomic E-state index is 5.82. The molecule has 20 heavy (non-hydrogen) atoms. The third-order valence-corrected chi connectivity index (χ3v) is 4.20. The molecule has 1 saturated carbocycles. The molecule has 1 atom stereocenters. The van der Waals surface area contributed by atoms with E-state index in [1.54, 1.807) is 0 Å². The molecule has 102 valence electrons. The van der Waals surface area contributed by atoms with Crippen LogP contribution in [0.15, 0.2) is 48.5 Å². The summed E-state index contributed by atoms with van der Waals surface area (Å²) in [7, 11) is 0. The Balaban J connectivity index is 1.61. The van der Waals surface area contributed by atoms with Crippen molar-refractivity contribution in [3.05, 3.63) is 65.2 Å². The van der Waals surface area contributed by atoms with Crippen LogP contribution in [-0.2, 0) is 6.54 Å². The van der Waals surface area contributed by atoms with Gasteiger partial charge in [0.1, 0.15) is 5.75 Å². The fourth-order valence-corrected chi connectivity index (χ4v) is 2.95. The third-order valence-electron chi connectivity index (χ3n) is 4.20. The molecule has 2 aromatic carbocycles. The van der Waals surface area contributed by atoms with Gasteiger partial charge in [-0.15, -0.1) is 0 Å². The van der Waals surface area contributed by atoms with Crippen molar-refractivity contribution in [1.82, 2.24) is 5.32 Å². The molecule has 1 aliphatic carbocycles. The highest BCUT2D eigenvalue weighted by Crippen LogP contribution is 2.32. The molecule has 1 fully saturated rings. The number of rotatable bonds is 3. The van der Waals surface area contributed by atoms with E-state index in [9.17, 15) is 0 Å². The van der Waals surface area contributed by atoms with Gasteiger partial charge in [-0.05, 0) is 41.7 Å². The summed E-state index contributed by atoms with van der Waals surface area (Å²) in [6, 6.07) is 17.4. The topological polar surface area (TPSA) is 21.3 Å². The van der Waals surface area contributed by atoms with Gasteiger partial charge >= 0.3 is 0 Å². The van der Waals surface area contributed by atoms with Gasteiger partial charge in [0.25, 0.3) is 0 Å². The number of benzene rings is 2. The molecule has 1 heterocycles. The molecular formula is C18H19NO. The number of nitrogens with one attached hydrogen (secondary N) is 1. The molecule has 0 bridgehead atoms. The summed E-state index contributed by atoms with van der Waals surface area (Å²) in [5.74, 6) is 1.46. The SMILES string of the molecule is c1ccc2c(c1)CNCC2c1ccc(OC2CC2)cc1. The van der Waals surface area contributed by atoms with Gasteiger partial charge in [-0.2, -0.15) is 0 Å². The van der Waals surface area contributed by atoms with Crippen LogP contribution in [0.1, 0.15) is 35.4 Å². The summed E-state index contributed by atoms with van der Waals surface area (Å²) >= 11 is 0. The molecule has 2 aliphatic rings. The second kappa shape index (κ2) is 4.95. The average Bonchev–Trinajstić information content (AvgIpc) is 3.32. The predicted octanol–water partition coefficient (Wildman–Crippen LogP) is 3.46. The van der Waals surface area contributed by atoms with Gasteiger partial charge in [0.15, 0.2) is 0 Å². The van der Waals surface area contributed by atoms with Crippen LogP contribution in [0.5, 0.6) is 5.75 Å². The van der Waals surface area contributed by atoms with Crippen molar-refractivity contribution >= 4 is 0 Å². The van der Waals surface area contributed by atoms with Gasteiger partial charge < -0.3 is 10.1 Å². The number of hydrogen-bond acceptors (Lipinski definition) is 2. The Bertz CT molecular complexity index is 601. The van der Waals surface area contributed by atoms with E-state index in [-0.39, 0.29) is 0 Å². The monoisotopic (exact) mass is 265 g/mol. The summed E-state index contributed by atoms with van der Waals surface area (Å²) in [5.41, 5.74) is 4.25. The zero-order valence-corrected chi connectivity index (χ0v) is 11.5. The molecule has 2 heteroatoms. The molecule has 0 spiro atoms. The summed E-state index contributed by atoms with van der Waals surface area (Å²) in [4.78, 5) is 0. The molecular weight excluding hydrogens is 246 g/mol. The first-order chi connectivity index (χ1) is 9.90. The van der Waals surface area contributed by atoms with Crippen molar-refractivity contribution in [2.75, 3.05) is 6.54 Å². The van der Waals surface area contributed by atoms with Crippen molar-refractivity contribution in [1.29, 1.82) is 0 Å². The zero-order valence-electron chi connectivity index (χ0n) is 11.5. The lowest BCUT2D eigenvalue weighted by Crippen LogP contribution is -2.28. The maximum atomic E-state index is 5.82. The summed E-state index contributed by atoms with van der Waals surface area (Å²) in [6.07, 6.45) is 2.89. The van der Waals surface area contributed by atoms with E-state index in [0.717, 1.165) is 18.8 Å². The van der Waals surface area contributed by atoms with Crippen LogP contribution in [0, 0.1) is 0 Å². The summed E-state index contributed by atoms with van der Waals surface area (Å²) < 4.78 is 5.82. The second-order valence-electron chi connectivity index (χ2n) is 5.77. The van der Waals surface area contributed by atoms with E-state index < -0.39 is 0 Å². The predicted molar refractivity (Wildman–Crippen MR) is 80.1 cm³/mol. The summed E-state index contributed by atoms with van der Waals surface area (Å²) in [6.45, 7) is 2.00. The molecule has 0 saturated heterocycles. The molecule has 0 radical (unpaired) electrons. The fourth-order valence-electron chi connectivity index (χ4n) is 2.95. The van der Waals surface area contributed by atoms with Crippen LogP contribution in [0.2, 0.25) is 0 Å². The standard InChI is InChI=1S/C18H19NO/c1-2-4-17-14(3-1)11-19-12-18(17)13-5-7-15(8-6-13)20-16-9-10-16/h1-8,16,18-19H,9-12H2. The van der Waals surface area contributed by atoms with Crippen LogP contribution < -0.4 is 10.1 Å². The first kappa shape index (κ1) is 12.0. The molecule has 4 rings (SSSR count). The van der Waals surface area contributed by atoms with Gasteiger partial charge in [-0.25, -0.2) is 0 Å². The molecule has 2 aromatic rings. The highest BCUT2D eigenvalue weighted by atomic mass is 16.5. The molecule has 0 amide bonds. The largest absolute Gasteiger partial charge is 0.490 e.